The van der Waals surface area contributed by atoms with Gasteiger partial charge in [-0.3, -0.25) is 9.69 Å². The van der Waals surface area contributed by atoms with E-state index in [0.29, 0.717) is 29.9 Å². The van der Waals surface area contributed by atoms with E-state index in [1.54, 1.807) is 24.3 Å². The van der Waals surface area contributed by atoms with Crippen molar-refractivity contribution >= 4 is 22.6 Å². The van der Waals surface area contributed by atoms with Crippen LogP contribution in [-0.4, -0.2) is 42.1 Å². The first kappa shape index (κ1) is 18.3. The quantitative estimate of drug-likeness (QED) is 0.526. The second kappa shape index (κ2) is 7.59. The van der Waals surface area contributed by atoms with E-state index in [-0.39, 0.29) is 11.7 Å². The van der Waals surface area contributed by atoms with Gasteiger partial charge in [0.25, 0.3) is 11.7 Å². The van der Waals surface area contributed by atoms with Crippen molar-refractivity contribution in [1.29, 1.82) is 0 Å². The van der Waals surface area contributed by atoms with Crippen molar-refractivity contribution in [3.63, 3.8) is 0 Å². The van der Waals surface area contributed by atoms with E-state index in [1.165, 1.54) is 12.1 Å². The monoisotopic (exact) mass is 403 g/mol. The molecule has 0 aliphatic carbocycles. The zero-order valence-electron chi connectivity index (χ0n) is 16.2. The lowest BCUT2D eigenvalue weighted by atomic mass is 10.1. The van der Waals surface area contributed by atoms with Crippen molar-refractivity contribution in [2.45, 2.75) is 0 Å². The minimum absolute atomic E-state index is 0.0140. The van der Waals surface area contributed by atoms with Crippen LogP contribution in [0.3, 0.4) is 0 Å². The van der Waals surface area contributed by atoms with Crippen LogP contribution in [0.2, 0.25) is 0 Å². The number of hydrogen-bond acceptors (Lipinski definition) is 4. The van der Waals surface area contributed by atoms with E-state index >= 15 is 0 Å². The maximum absolute atomic E-state index is 13.3. The van der Waals surface area contributed by atoms with E-state index in [4.69, 9.17) is 4.52 Å². The predicted molar refractivity (Wildman–Crippen MR) is 111 cm³/mol. The van der Waals surface area contributed by atoms with Crippen LogP contribution < -0.4 is 9.88 Å². The molecule has 30 heavy (non-hydrogen) atoms. The summed E-state index contributed by atoms with van der Waals surface area (Å²) in [5.74, 6) is 1.26. The molecule has 6 nitrogen and oxygen atoms in total. The van der Waals surface area contributed by atoms with Crippen LogP contribution in [0, 0.1) is 5.82 Å². The maximum Gasteiger partial charge on any atom is 0.274 e. The molecule has 1 aliphatic rings. The van der Waals surface area contributed by atoms with Crippen molar-refractivity contribution in [2.75, 3.05) is 31.1 Å². The fraction of sp³-hybridized carbons (Fsp3) is 0.174. The summed E-state index contributed by atoms with van der Waals surface area (Å²) >= 11 is 0. The van der Waals surface area contributed by atoms with Gasteiger partial charge in [0, 0.05) is 17.2 Å². The molecule has 0 atom stereocenters. The molecule has 7 heteroatoms. The zero-order valence-corrected chi connectivity index (χ0v) is 16.2. The predicted octanol–water partition coefficient (Wildman–Crippen LogP) is 3.41. The van der Waals surface area contributed by atoms with Crippen LogP contribution in [0.15, 0.2) is 71.4 Å². The molecule has 5 rings (SSSR count). The highest BCUT2D eigenvalue weighted by atomic mass is 19.1. The normalized spacial score (nSPS) is 14.3. The van der Waals surface area contributed by atoms with Crippen molar-refractivity contribution in [2.24, 2.45) is 0 Å². The Morgan fingerprint density at radius 2 is 1.80 bits per heavy atom. The van der Waals surface area contributed by atoms with E-state index < -0.39 is 0 Å². The van der Waals surface area contributed by atoms with E-state index in [2.05, 4.69) is 15.0 Å². The van der Waals surface area contributed by atoms with Gasteiger partial charge in [-0.15, -0.1) is 0 Å². The summed E-state index contributed by atoms with van der Waals surface area (Å²) in [6.45, 7) is 2.83. The van der Waals surface area contributed by atoms with Gasteiger partial charge in [0.15, 0.2) is 5.76 Å². The van der Waals surface area contributed by atoms with Gasteiger partial charge >= 0.3 is 0 Å². The van der Waals surface area contributed by atoms with E-state index in [1.807, 2.05) is 35.4 Å². The highest BCUT2D eigenvalue weighted by Crippen LogP contribution is 2.30. The SMILES string of the molecule is O=C(c1ccc2noc(-c3ccc(F)cc3)c2c1)N1CCN(c2cccc[nH+]2)CC1. The molecule has 2 aromatic carbocycles. The molecule has 1 saturated heterocycles. The first-order chi connectivity index (χ1) is 14.7. The number of benzene rings is 2. The number of H-pyrrole nitrogens is 1. The summed E-state index contributed by atoms with van der Waals surface area (Å²) in [5, 5.41) is 4.81. The Morgan fingerprint density at radius 3 is 2.53 bits per heavy atom. The van der Waals surface area contributed by atoms with Gasteiger partial charge in [0.2, 0.25) is 0 Å². The third-order valence-electron chi connectivity index (χ3n) is 5.43. The average molecular weight is 403 g/mol. The largest absolute Gasteiger partial charge is 0.355 e. The molecule has 0 saturated carbocycles. The molecule has 150 valence electrons. The standard InChI is InChI=1S/C23H19FN4O2/c24-18-7-4-16(5-8-18)22-19-15-17(6-9-20(19)26-30-22)23(29)28-13-11-27(12-14-28)21-3-1-2-10-25-21/h1-10,15H,11-14H2/p+1. The average Bonchev–Trinajstić information content (AvgIpc) is 3.23. The molecule has 0 unspecified atom stereocenters. The van der Waals surface area contributed by atoms with Crippen molar-refractivity contribution in [1.82, 2.24) is 10.1 Å². The number of amides is 1. The van der Waals surface area contributed by atoms with Gasteiger partial charge in [-0.05, 0) is 48.5 Å². The molecule has 1 amide bonds. The summed E-state index contributed by atoms with van der Waals surface area (Å²) in [4.78, 5) is 20.4. The lowest BCUT2D eigenvalue weighted by molar-refractivity contribution is -0.364. The molecular weight excluding hydrogens is 383 g/mol. The number of aromatic nitrogens is 2. The first-order valence-electron chi connectivity index (χ1n) is 9.85. The first-order valence-corrected chi connectivity index (χ1v) is 9.85. The molecule has 0 bridgehead atoms. The van der Waals surface area contributed by atoms with Crippen molar-refractivity contribution in [3.05, 3.63) is 78.2 Å². The fourth-order valence-corrected chi connectivity index (χ4v) is 3.80. The Hall–Kier alpha value is -3.74. The van der Waals surface area contributed by atoms with Crippen LogP contribution in [0.25, 0.3) is 22.2 Å². The molecule has 0 spiro atoms. The van der Waals surface area contributed by atoms with Gasteiger partial charge in [-0.2, -0.15) is 0 Å². The van der Waals surface area contributed by atoms with Gasteiger partial charge in [-0.25, -0.2) is 9.37 Å². The van der Waals surface area contributed by atoms with Crippen molar-refractivity contribution in [3.8, 4) is 11.3 Å². The number of pyridine rings is 1. The number of fused-ring (bicyclic) bond motifs is 1. The van der Waals surface area contributed by atoms with Crippen LogP contribution in [0.4, 0.5) is 10.2 Å². The fourth-order valence-electron chi connectivity index (χ4n) is 3.80. The number of halogens is 1. The molecule has 1 N–H and O–H groups in total. The second-order valence-electron chi connectivity index (χ2n) is 7.28. The lowest BCUT2D eigenvalue weighted by Crippen LogP contribution is -2.50. The van der Waals surface area contributed by atoms with Gasteiger partial charge in [0.05, 0.1) is 24.7 Å². The Morgan fingerprint density at radius 1 is 1.00 bits per heavy atom. The summed E-state index contributed by atoms with van der Waals surface area (Å²) in [6.07, 6.45) is 1.90. The number of carbonyl (C=O) groups is 1. The number of nitrogens with zero attached hydrogens (tertiary/aromatic N) is 3. The number of hydrogen-bond donors (Lipinski definition) is 0. The highest BCUT2D eigenvalue weighted by Gasteiger charge is 2.27. The molecule has 4 aromatic rings. The molecular formula is C23H20FN4O2+. The summed E-state index contributed by atoms with van der Waals surface area (Å²) in [5.41, 5.74) is 1.97. The Labute approximate surface area is 172 Å². The van der Waals surface area contributed by atoms with Gasteiger partial charge in [0.1, 0.15) is 24.4 Å². The molecule has 3 heterocycles. The Kier molecular flexibility index (Phi) is 4.63. The second-order valence-corrected chi connectivity index (χ2v) is 7.28. The molecule has 1 aliphatic heterocycles. The summed E-state index contributed by atoms with van der Waals surface area (Å²) in [6, 6.07) is 17.4. The number of aromatic amines is 1. The van der Waals surface area contributed by atoms with E-state index in [0.717, 1.165) is 29.9 Å². The lowest BCUT2D eigenvalue weighted by Gasteiger charge is -2.31. The number of carbonyl (C=O) groups excluding carboxylic acids is 1. The smallest absolute Gasteiger partial charge is 0.274 e. The molecule has 1 fully saturated rings. The van der Waals surface area contributed by atoms with Crippen molar-refractivity contribution < 1.29 is 18.7 Å². The van der Waals surface area contributed by atoms with Crippen LogP contribution in [-0.2, 0) is 0 Å². The molecule has 2 aromatic heterocycles. The molecule has 0 radical (unpaired) electrons. The third kappa shape index (κ3) is 3.39. The number of anilines is 1. The van der Waals surface area contributed by atoms with Gasteiger partial charge in [-0.1, -0.05) is 11.2 Å². The maximum atomic E-state index is 13.3. The minimum Gasteiger partial charge on any atom is -0.355 e. The van der Waals surface area contributed by atoms with Crippen LogP contribution in [0.5, 0.6) is 0 Å². The summed E-state index contributed by atoms with van der Waals surface area (Å²) in [7, 11) is 0. The third-order valence-corrected chi connectivity index (χ3v) is 5.43. The number of nitrogens with one attached hydrogen (secondary N) is 1. The zero-order chi connectivity index (χ0) is 20.5. The van der Waals surface area contributed by atoms with Crippen LogP contribution in [0.1, 0.15) is 10.4 Å². The number of rotatable bonds is 3. The van der Waals surface area contributed by atoms with Crippen LogP contribution >= 0.6 is 0 Å². The summed E-state index contributed by atoms with van der Waals surface area (Å²) < 4.78 is 18.7. The van der Waals surface area contributed by atoms with E-state index in [9.17, 15) is 9.18 Å². The minimum atomic E-state index is -0.314. The number of piperazine rings is 1. The van der Waals surface area contributed by atoms with Gasteiger partial charge < -0.3 is 9.42 Å². The Bertz CT molecular complexity index is 1180. The topological polar surface area (TPSA) is 63.7 Å². The Balaban J connectivity index is 1.36. The highest BCUT2D eigenvalue weighted by molar-refractivity contribution is 6.01.